The Bertz CT molecular complexity index is 1110. The number of carbonyl (C=O) groups is 2. The van der Waals surface area contributed by atoms with Crippen LogP contribution in [0.3, 0.4) is 0 Å². The molecule has 0 heterocycles. The van der Waals surface area contributed by atoms with Crippen LogP contribution >= 0.6 is 11.8 Å². The minimum Gasteiger partial charge on any atom is -0.352 e. The molecule has 0 saturated heterocycles. The van der Waals surface area contributed by atoms with Crippen molar-refractivity contribution in [2.24, 2.45) is 0 Å². The zero-order valence-corrected chi connectivity index (χ0v) is 22.7. The number of rotatable bonds is 12. The minimum absolute atomic E-state index is 0.0196. The predicted molar refractivity (Wildman–Crippen MR) is 151 cm³/mol. The van der Waals surface area contributed by atoms with Crippen LogP contribution in [0.4, 0.5) is 0 Å². The van der Waals surface area contributed by atoms with Gasteiger partial charge in [-0.05, 0) is 43.9 Å². The summed E-state index contributed by atoms with van der Waals surface area (Å²) < 4.78 is 0. The summed E-state index contributed by atoms with van der Waals surface area (Å²) in [6.07, 6.45) is 1.31. The molecular weight excluding hydrogens is 464 g/mol. The van der Waals surface area contributed by atoms with Crippen LogP contribution in [0.5, 0.6) is 0 Å². The number of hydrogen-bond acceptors (Lipinski definition) is 3. The summed E-state index contributed by atoms with van der Waals surface area (Å²) in [4.78, 5) is 29.0. The molecule has 2 amide bonds. The van der Waals surface area contributed by atoms with E-state index in [2.05, 4.69) is 49.5 Å². The number of nitrogens with one attached hydrogen (secondary N) is 1. The van der Waals surface area contributed by atoms with Crippen LogP contribution in [0, 0.1) is 13.8 Å². The van der Waals surface area contributed by atoms with E-state index in [0.29, 0.717) is 18.7 Å². The molecule has 0 aliphatic carbocycles. The fraction of sp³-hybridized carbons (Fsp3) is 0.355. The van der Waals surface area contributed by atoms with Gasteiger partial charge in [0.05, 0.1) is 5.75 Å². The van der Waals surface area contributed by atoms with Crippen molar-refractivity contribution in [2.45, 2.75) is 64.9 Å². The van der Waals surface area contributed by atoms with Crippen LogP contribution in [0.2, 0.25) is 0 Å². The number of aryl methyl sites for hydroxylation is 2. The summed E-state index contributed by atoms with van der Waals surface area (Å²) in [5.74, 6) is 0.959. The molecule has 3 aromatic carbocycles. The van der Waals surface area contributed by atoms with E-state index in [4.69, 9.17) is 0 Å². The Morgan fingerprint density at radius 2 is 1.56 bits per heavy atom. The Morgan fingerprint density at radius 3 is 2.22 bits per heavy atom. The summed E-state index contributed by atoms with van der Waals surface area (Å²) in [6, 6.07) is 26.0. The Balaban J connectivity index is 1.85. The summed E-state index contributed by atoms with van der Waals surface area (Å²) in [7, 11) is 0. The standard InChI is InChI=1S/C31H38N2O2S/c1-5-25(4)32-31(35)29(19-26-11-7-6-8-12-26)33(20-28-13-9-10-24(3)18-28)30(34)22-36-21-27-16-14-23(2)15-17-27/h6-18,25,29H,5,19-22H2,1-4H3,(H,32,35)/t25-,29+/m0/s1. The molecule has 0 bridgehead atoms. The number of hydrogen-bond donors (Lipinski definition) is 1. The van der Waals surface area contributed by atoms with E-state index in [1.165, 1.54) is 11.1 Å². The molecule has 0 aromatic heterocycles. The second-order valence-corrected chi connectivity index (χ2v) is 10.5. The molecule has 3 aromatic rings. The van der Waals surface area contributed by atoms with Gasteiger partial charge in [0.25, 0.3) is 0 Å². The lowest BCUT2D eigenvalue weighted by molar-refractivity contribution is -0.139. The predicted octanol–water partition coefficient (Wildman–Crippen LogP) is 6.09. The zero-order chi connectivity index (χ0) is 25.9. The maximum atomic E-state index is 13.7. The van der Waals surface area contributed by atoms with E-state index in [9.17, 15) is 9.59 Å². The van der Waals surface area contributed by atoms with Crippen LogP contribution in [-0.2, 0) is 28.3 Å². The summed E-state index contributed by atoms with van der Waals surface area (Å²) >= 11 is 1.59. The van der Waals surface area contributed by atoms with Crippen molar-refractivity contribution in [3.8, 4) is 0 Å². The van der Waals surface area contributed by atoms with Gasteiger partial charge in [-0.2, -0.15) is 0 Å². The van der Waals surface area contributed by atoms with Crippen molar-refractivity contribution in [1.29, 1.82) is 0 Å². The number of amides is 2. The van der Waals surface area contributed by atoms with Gasteiger partial charge in [0.2, 0.25) is 11.8 Å². The fourth-order valence-corrected chi connectivity index (χ4v) is 4.90. The third-order valence-corrected chi connectivity index (χ3v) is 7.31. The van der Waals surface area contributed by atoms with Crippen LogP contribution in [-0.4, -0.2) is 34.6 Å². The van der Waals surface area contributed by atoms with Gasteiger partial charge in [-0.1, -0.05) is 96.9 Å². The highest BCUT2D eigenvalue weighted by Gasteiger charge is 2.30. The Labute approximate surface area is 220 Å². The minimum atomic E-state index is -0.589. The van der Waals surface area contributed by atoms with Crippen LogP contribution in [0.25, 0.3) is 0 Å². The third kappa shape index (κ3) is 8.56. The summed E-state index contributed by atoms with van der Waals surface area (Å²) in [5.41, 5.74) is 5.62. The first-order valence-electron chi connectivity index (χ1n) is 12.7. The maximum Gasteiger partial charge on any atom is 0.243 e. The highest BCUT2D eigenvalue weighted by atomic mass is 32.2. The van der Waals surface area contributed by atoms with Gasteiger partial charge < -0.3 is 10.2 Å². The normalized spacial score (nSPS) is 12.6. The second-order valence-electron chi connectivity index (χ2n) is 9.51. The van der Waals surface area contributed by atoms with E-state index in [-0.39, 0.29) is 17.9 Å². The van der Waals surface area contributed by atoms with Crippen LogP contribution in [0.1, 0.15) is 48.1 Å². The molecule has 5 heteroatoms. The van der Waals surface area contributed by atoms with Gasteiger partial charge in [-0.25, -0.2) is 0 Å². The van der Waals surface area contributed by atoms with Crippen molar-refractivity contribution in [2.75, 3.05) is 5.75 Å². The van der Waals surface area contributed by atoms with Gasteiger partial charge in [-0.15, -0.1) is 11.8 Å². The topological polar surface area (TPSA) is 49.4 Å². The van der Waals surface area contributed by atoms with Gasteiger partial charge in [0, 0.05) is 24.8 Å². The van der Waals surface area contributed by atoms with Crippen molar-refractivity contribution >= 4 is 23.6 Å². The molecule has 0 aliphatic heterocycles. The second kappa shape index (κ2) is 13.9. The first-order chi connectivity index (χ1) is 17.4. The quantitative estimate of drug-likeness (QED) is 0.326. The molecular formula is C31H38N2O2S. The maximum absolute atomic E-state index is 13.7. The van der Waals surface area contributed by atoms with Crippen molar-refractivity contribution in [1.82, 2.24) is 10.2 Å². The molecule has 0 saturated carbocycles. The molecule has 190 valence electrons. The lowest BCUT2D eigenvalue weighted by Gasteiger charge is -2.32. The van der Waals surface area contributed by atoms with Gasteiger partial charge in [0.1, 0.15) is 6.04 Å². The van der Waals surface area contributed by atoms with Crippen LogP contribution in [0.15, 0.2) is 78.9 Å². The van der Waals surface area contributed by atoms with E-state index in [0.717, 1.165) is 28.9 Å². The number of carbonyl (C=O) groups excluding carboxylic acids is 2. The van der Waals surface area contributed by atoms with Gasteiger partial charge >= 0.3 is 0 Å². The first-order valence-corrected chi connectivity index (χ1v) is 13.8. The molecule has 1 N–H and O–H groups in total. The van der Waals surface area contributed by atoms with E-state index >= 15 is 0 Å². The zero-order valence-electron chi connectivity index (χ0n) is 21.9. The SMILES string of the molecule is CC[C@H](C)NC(=O)[C@@H](Cc1ccccc1)N(Cc1cccc(C)c1)C(=O)CSCc1ccc(C)cc1. The molecule has 0 unspecified atom stereocenters. The molecule has 0 aliphatic rings. The molecule has 0 radical (unpaired) electrons. The van der Waals surface area contributed by atoms with Crippen molar-refractivity contribution in [3.05, 3.63) is 107 Å². The number of nitrogens with zero attached hydrogens (tertiary/aromatic N) is 1. The molecule has 36 heavy (non-hydrogen) atoms. The first kappa shape index (κ1) is 27.5. The highest BCUT2D eigenvalue weighted by molar-refractivity contribution is 7.99. The fourth-order valence-electron chi connectivity index (χ4n) is 4.03. The lowest BCUT2D eigenvalue weighted by atomic mass is 10.0. The molecule has 3 rings (SSSR count). The smallest absolute Gasteiger partial charge is 0.243 e. The van der Waals surface area contributed by atoms with E-state index < -0.39 is 6.04 Å². The number of benzene rings is 3. The Hall–Kier alpha value is -3.05. The Kier molecular flexibility index (Phi) is 10.6. The van der Waals surface area contributed by atoms with Crippen LogP contribution < -0.4 is 5.32 Å². The largest absolute Gasteiger partial charge is 0.352 e. The lowest BCUT2D eigenvalue weighted by Crippen LogP contribution is -2.52. The molecule has 4 nitrogen and oxygen atoms in total. The van der Waals surface area contributed by atoms with E-state index in [1.54, 1.807) is 16.7 Å². The summed E-state index contributed by atoms with van der Waals surface area (Å²) in [5, 5.41) is 3.13. The third-order valence-electron chi connectivity index (χ3n) is 6.32. The summed E-state index contributed by atoms with van der Waals surface area (Å²) in [6.45, 7) is 8.57. The Morgan fingerprint density at radius 1 is 0.861 bits per heavy atom. The monoisotopic (exact) mass is 502 g/mol. The average Bonchev–Trinajstić information content (AvgIpc) is 2.87. The van der Waals surface area contributed by atoms with Gasteiger partial charge in [-0.3, -0.25) is 9.59 Å². The molecule has 2 atom stereocenters. The molecule has 0 spiro atoms. The average molecular weight is 503 g/mol. The van der Waals surface area contributed by atoms with E-state index in [1.807, 2.05) is 62.4 Å². The highest BCUT2D eigenvalue weighted by Crippen LogP contribution is 2.19. The van der Waals surface area contributed by atoms with Crippen molar-refractivity contribution in [3.63, 3.8) is 0 Å². The molecule has 0 fully saturated rings. The van der Waals surface area contributed by atoms with Gasteiger partial charge in [0.15, 0.2) is 0 Å². The van der Waals surface area contributed by atoms with Crippen molar-refractivity contribution < 1.29 is 9.59 Å². The number of thioether (sulfide) groups is 1.